The molecule has 2 heterocycles. The van der Waals surface area contributed by atoms with E-state index < -0.39 is 11.9 Å². The third-order valence-electron chi connectivity index (χ3n) is 6.06. The Balaban J connectivity index is 1.30. The number of nitrogens with one attached hydrogen (secondary N) is 3. The number of hydrogen-bond acceptors (Lipinski definition) is 4. The van der Waals surface area contributed by atoms with Crippen LogP contribution in [0.1, 0.15) is 35.7 Å². The van der Waals surface area contributed by atoms with E-state index in [1.54, 1.807) is 0 Å². The van der Waals surface area contributed by atoms with Crippen LogP contribution >= 0.6 is 0 Å². The van der Waals surface area contributed by atoms with Crippen LogP contribution in [0, 0.1) is 6.92 Å². The lowest BCUT2D eigenvalue weighted by molar-refractivity contribution is -0.129. The van der Waals surface area contributed by atoms with E-state index in [9.17, 15) is 9.59 Å². The molecule has 36 heavy (non-hydrogen) atoms. The normalized spacial score (nSPS) is 15.6. The van der Waals surface area contributed by atoms with E-state index >= 15 is 0 Å². The highest BCUT2D eigenvalue weighted by molar-refractivity contribution is 5.90. The molecule has 0 saturated carbocycles. The molecule has 2 amide bonds. The molecule has 0 radical (unpaired) electrons. The maximum atomic E-state index is 13.4. The maximum absolute atomic E-state index is 13.4. The summed E-state index contributed by atoms with van der Waals surface area (Å²) < 4.78 is 11.3. The second kappa shape index (κ2) is 10.4. The molecule has 7 nitrogen and oxygen atoms in total. The SMILES string of the molecule is Cc1ccc(C(NC(=O)Cc2cc3ccccc3[nH]2)C(=O)NC2=COC=C(C3=CC=CCC3)O2)cc1. The molecule has 182 valence electrons. The molecule has 1 atom stereocenters. The lowest BCUT2D eigenvalue weighted by Gasteiger charge is -2.23. The highest BCUT2D eigenvalue weighted by Gasteiger charge is 2.26. The number of aryl methyl sites for hydroxylation is 1. The Morgan fingerprint density at radius 2 is 1.92 bits per heavy atom. The fraction of sp³-hybridized carbons (Fsp3) is 0.172. The van der Waals surface area contributed by atoms with E-state index in [2.05, 4.69) is 21.7 Å². The van der Waals surface area contributed by atoms with Crippen LogP contribution in [0.5, 0.6) is 0 Å². The molecule has 0 saturated heterocycles. The largest absolute Gasteiger partial charge is 0.463 e. The van der Waals surface area contributed by atoms with Crippen molar-refractivity contribution in [1.82, 2.24) is 15.6 Å². The zero-order valence-electron chi connectivity index (χ0n) is 19.9. The Bertz CT molecular complexity index is 1380. The van der Waals surface area contributed by atoms with E-state index in [0.717, 1.165) is 40.6 Å². The molecule has 2 aromatic carbocycles. The standard InChI is InChI=1S/C29H27N3O4/c1-19-11-13-21(14-12-19)28(31-26(33)16-23-15-22-9-5-6-10-24(22)30-23)29(34)32-27-18-35-17-25(36-27)20-7-3-2-4-8-20/h2-3,5-7,9-15,17-18,28,30H,4,8,16H2,1H3,(H,31,33)(H,32,34). The second-order valence-electron chi connectivity index (χ2n) is 8.82. The van der Waals surface area contributed by atoms with Gasteiger partial charge in [0.25, 0.3) is 5.91 Å². The number of carbonyl (C=O) groups is 2. The lowest BCUT2D eigenvalue weighted by Crippen LogP contribution is -2.41. The van der Waals surface area contributed by atoms with Gasteiger partial charge in [0.2, 0.25) is 11.8 Å². The van der Waals surface area contributed by atoms with Gasteiger partial charge in [-0.1, -0.05) is 66.3 Å². The summed E-state index contributed by atoms with van der Waals surface area (Å²) in [7, 11) is 0. The number of ether oxygens (including phenoxy) is 2. The summed E-state index contributed by atoms with van der Waals surface area (Å²) in [4.78, 5) is 29.6. The van der Waals surface area contributed by atoms with Gasteiger partial charge >= 0.3 is 0 Å². The zero-order chi connectivity index (χ0) is 24.9. The smallest absolute Gasteiger partial charge is 0.254 e. The molecular formula is C29H27N3O4. The lowest BCUT2D eigenvalue weighted by atomic mass is 10.0. The Morgan fingerprint density at radius 1 is 1.08 bits per heavy atom. The average molecular weight is 482 g/mol. The van der Waals surface area contributed by atoms with Crippen molar-refractivity contribution in [3.8, 4) is 0 Å². The predicted octanol–water partition coefficient (Wildman–Crippen LogP) is 4.96. The van der Waals surface area contributed by atoms with Crippen molar-refractivity contribution < 1.29 is 19.1 Å². The summed E-state index contributed by atoms with van der Waals surface area (Å²) in [5.41, 5.74) is 4.43. The summed E-state index contributed by atoms with van der Waals surface area (Å²) in [6, 6.07) is 16.3. The van der Waals surface area contributed by atoms with Crippen molar-refractivity contribution >= 4 is 22.7 Å². The Hall–Kier alpha value is -4.52. The van der Waals surface area contributed by atoms with Crippen LogP contribution in [0.4, 0.5) is 0 Å². The Morgan fingerprint density at radius 3 is 2.69 bits per heavy atom. The van der Waals surface area contributed by atoms with Gasteiger partial charge in [-0.15, -0.1) is 0 Å². The molecule has 1 aliphatic heterocycles. The number of carbonyl (C=O) groups excluding carboxylic acids is 2. The Kier molecular flexibility index (Phi) is 6.71. The molecule has 1 unspecified atom stereocenters. The van der Waals surface area contributed by atoms with Gasteiger partial charge in [0.15, 0.2) is 12.0 Å². The molecular weight excluding hydrogens is 454 g/mol. The highest BCUT2D eigenvalue weighted by Crippen LogP contribution is 2.26. The number of benzene rings is 2. The van der Waals surface area contributed by atoms with E-state index in [-0.39, 0.29) is 18.2 Å². The molecule has 1 aliphatic carbocycles. The van der Waals surface area contributed by atoms with Gasteiger partial charge in [-0.2, -0.15) is 0 Å². The van der Waals surface area contributed by atoms with Crippen LogP contribution in [0.3, 0.4) is 0 Å². The molecule has 2 aliphatic rings. The van der Waals surface area contributed by atoms with Crippen LogP contribution in [-0.2, 0) is 25.5 Å². The highest BCUT2D eigenvalue weighted by atomic mass is 16.6. The molecule has 1 aromatic heterocycles. The molecule has 0 spiro atoms. The fourth-order valence-corrected chi connectivity index (χ4v) is 4.19. The number of allylic oxidation sites excluding steroid dienone is 4. The van der Waals surface area contributed by atoms with Gasteiger partial charge in [-0.05, 0) is 48.4 Å². The van der Waals surface area contributed by atoms with Crippen molar-refractivity contribution in [1.29, 1.82) is 0 Å². The first-order valence-corrected chi connectivity index (χ1v) is 11.9. The first-order valence-electron chi connectivity index (χ1n) is 11.9. The minimum absolute atomic E-state index is 0.112. The van der Waals surface area contributed by atoms with Crippen LogP contribution in [0.25, 0.3) is 10.9 Å². The second-order valence-corrected chi connectivity index (χ2v) is 8.82. The topological polar surface area (TPSA) is 92.5 Å². The molecule has 0 fully saturated rings. The minimum Gasteiger partial charge on any atom is -0.463 e. The first-order chi connectivity index (χ1) is 17.5. The number of aromatic nitrogens is 1. The van der Waals surface area contributed by atoms with Crippen molar-refractivity contribution in [2.45, 2.75) is 32.2 Å². The fourth-order valence-electron chi connectivity index (χ4n) is 4.19. The molecule has 3 aromatic rings. The molecule has 3 N–H and O–H groups in total. The number of aromatic amines is 1. The van der Waals surface area contributed by atoms with Gasteiger partial charge in [0.1, 0.15) is 12.3 Å². The third kappa shape index (κ3) is 5.41. The van der Waals surface area contributed by atoms with Gasteiger partial charge in [0.05, 0.1) is 6.42 Å². The Labute approximate surface area is 209 Å². The van der Waals surface area contributed by atoms with E-state index in [4.69, 9.17) is 9.47 Å². The van der Waals surface area contributed by atoms with Gasteiger partial charge in [-0.25, -0.2) is 0 Å². The summed E-state index contributed by atoms with van der Waals surface area (Å²) in [6.07, 6.45) is 10.7. The number of rotatable bonds is 7. The number of para-hydroxylation sites is 1. The van der Waals surface area contributed by atoms with E-state index in [1.165, 1.54) is 12.5 Å². The quantitative estimate of drug-likeness (QED) is 0.445. The first kappa shape index (κ1) is 23.2. The van der Waals surface area contributed by atoms with Crippen LogP contribution < -0.4 is 10.6 Å². The molecule has 7 heteroatoms. The summed E-state index contributed by atoms with van der Waals surface area (Å²) in [5, 5.41) is 6.67. The van der Waals surface area contributed by atoms with Crippen molar-refractivity contribution in [2.24, 2.45) is 0 Å². The molecule has 5 rings (SSSR count). The predicted molar refractivity (Wildman–Crippen MR) is 137 cm³/mol. The number of hydrogen-bond donors (Lipinski definition) is 3. The van der Waals surface area contributed by atoms with E-state index in [1.807, 2.05) is 73.7 Å². The number of H-pyrrole nitrogens is 1. The third-order valence-corrected chi connectivity index (χ3v) is 6.06. The monoisotopic (exact) mass is 481 g/mol. The maximum Gasteiger partial charge on any atom is 0.254 e. The van der Waals surface area contributed by atoms with Gasteiger partial charge in [0, 0.05) is 11.2 Å². The van der Waals surface area contributed by atoms with Crippen LogP contribution in [0.15, 0.2) is 103 Å². The zero-order valence-corrected chi connectivity index (χ0v) is 19.9. The van der Waals surface area contributed by atoms with E-state index in [0.29, 0.717) is 11.3 Å². The van der Waals surface area contributed by atoms with Gasteiger partial charge in [-0.3, -0.25) is 14.9 Å². The number of amides is 2. The van der Waals surface area contributed by atoms with Crippen LogP contribution in [0.2, 0.25) is 0 Å². The number of fused-ring (bicyclic) bond motifs is 1. The van der Waals surface area contributed by atoms with Crippen molar-refractivity contribution in [2.75, 3.05) is 0 Å². The summed E-state index contributed by atoms with van der Waals surface area (Å²) >= 11 is 0. The summed E-state index contributed by atoms with van der Waals surface area (Å²) in [5.74, 6) is -0.00362. The summed E-state index contributed by atoms with van der Waals surface area (Å²) in [6.45, 7) is 1.97. The molecule has 0 bridgehead atoms. The average Bonchev–Trinajstić information content (AvgIpc) is 3.31. The minimum atomic E-state index is -0.918. The van der Waals surface area contributed by atoms with Crippen LogP contribution in [-0.4, -0.2) is 16.8 Å². The van der Waals surface area contributed by atoms with Crippen molar-refractivity contribution in [3.63, 3.8) is 0 Å². The van der Waals surface area contributed by atoms with Gasteiger partial charge < -0.3 is 19.8 Å². The van der Waals surface area contributed by atoms with Crippen molar-refractivity contribution in [3.05, 3.63) is 119 Å².